The first kappa shape index (κ1) is 16.6. The third-order valence-electron chi connectivity index (χ3n) is 3.58. The normalized spacial score (nSPS) is 12.2. The Morgan fingerprint density at radius 1 is 1.41 bits per heavy atom. The Morgan fingerprint density at radius 2 is 2.05 bits per heavy atom. The average molecular weight is 319 g/mol. The number of aliphatic hydroxyl groups excluding tert-OH is 1. The minimum absolute atomic E-state index is 0.0593. The zero-order chi connectivity index (χ0) is 16.3. The van der Waals surface area contributed by atoms with Crippen molar-refractivity contribution in [1.82, 2.24) is 9.55 Å². The summed E-state index contributed by atoms with van der Waals surface area (Å²) < 4.78 is 1.80. The minimum Gasteiger partial charge on any atom is -0.390 e. The molecule has 0 fully saturated rings. The molecule has 0 saturated carbocycles. The van der Waals surface area contributed by atoms with Crippen LogP contribution in [-0.2, 0) is 18.4 Å². The van der Waals surface area contributed by atoms with Gasteiger partial charge in [-0.05, 0) is 31.9 Å². The first-order valence-corrected chi connectivity index (χ1v) is 7.97. The number of carbonyl (C=O) groups is 1. The van der Waals surface area contributed by atoms with Gasteiger partial charge < -0.3 is 15.0 Å². The van der Waals surface area contributed by atoms with Crippen molar-refractivity contribution in [3.05, 3.63) is 41.2 Å². The molecule has 22 heavy (non-hydrogen) atoms. The van der Waals surface area contributed by atoms with Crippen molar-refractivity contribution in [3.63, 3.8) is 0 Å². The van der Waals surface area contributed by atoms with Crippen LogP contribution >= 0.6 is 11.8 Å². The van der Waals surface area contributed by atoms with Crippen LogP contribution in [0.3, 0.4) is 0 Å². The van der Waals surface area contributed by atoms with E-state index in [1.54, 1.807) is 10.8 Å². The van der Waals surface area contributed by atoms with E-state index in [1.165, 1.54) is 11.8 Å². The summed E-state index contributed by atoms with van der Waals surface area (Å²) in [6.45, 7) is 5.74. The van der Waals surface area contributed by atoms with E-state index in [0.717, 1.165) is 22.5 Å². The highest BCUT2D eigenvalue weighted by Gasteiger charge is 2.19. The number of rotatable bonds is 5. The topological polar surface area (TPSA) is 67.2 Å². The maximum atomic E-state index is 12.4. The number of amides is 1. The molecule has 2 N–H and O–H groups in total. The number of anilines is 1. The zero-order valence-corrected chi connectivity index (χ0v) is 14.1. The van der Waals surface area contributed by atoms with Gasteiger partial charge in [-0.15, -0.1) is 0 Å². The molecule has 1 aromatic heterocycles. The summed E-state index contributed by atoms with van der Waals surface area (Å²) in [5.41, 5.74) is 3.69. The van der Waals surface area contributed by atoms with Gasteiger partial charge in [-0.25, -0.2) is 4.98 Å². The van der Waals surface area contributed by atoms with Crippen molar-refractivity contribution in [2.45, 2.75) is 37.8 Å². The van der Waals surface area contributed by atoms with E-state index in [4.69, 9.17) is 0 Å². The number of benzene rings is 1. The number of nitrogens with zero attached hydrogens (tertiary/aromatic N) is 2. The number of para-hydroxylation sites is 1. The van der Waals surface area contributed by atoms with Gasteiger partial charge in [0.1, 0.15) is 0 Å². The minimum atomic E-state index is -0.286. The molecule has 1 heterocycles. The van der Waals surface area contributed by atoms with Gasteiger partial charge in [0.2, 0.25) is 5.91 Å². The second kappa shape index (κ2) is 6.98. The number of aromatic nitrogens is 2. The Labute approximate surface area is 134 Å². The molecule has 0 aliphatic rings. The van der Waals surface area contributed by atoms with E-state index in [0.29, 0.717) is 5.16 Å². The Kier molecular flexibility index (Phi) is 5.26. The summed E-state index contributed by atoms with van der Waals surface area (Å²) in [7, 11) is 1.83. The maximum Gasteiger partial charge on any atom is 0.237 e. The molecule has 0 radical (unpaired) electrons. The van der Waals surface area contributed by atoms with Crippen LogP contribution < -0.4 is 5.32 Å². The summed E-state index contributed by atoms with van der Waals surface area (Å²) in [5, 5.41) is 12.6. The summed E-state index contributed by atoms with van der Waals surface area (Å²) in [5.74, 6) is -0.0593. The second-order valence-corrected chi connectivity index (χ2v) is 6.57. The lowest BCUT2D eigenvalue weighted by Crippen LogP contribution is -2.23. The van der Waals surface area contributed by atoms with Gasteiger partial charge in [0.05, 0.1) is 23.7 Å². The lowest BCUT2D eigenvalue weighted by Gasteiger charge is -2.15. The van der Waals surface area contributed by atoms with Crippen LogP contribution in [0, 0.1) is 13.8 Å². The Bertz CT molecular complexity index is 662. The molecule has 5 nitrogen and oxygen atoms in total. The van der Waals surface area contributed by atoms with Crippen LogP contribution in [-0.4, -0.2) is 25.8 Å². The highest BCUT2D eigenvalue weighted by atomic mass is 32.2. The number of hydrogen-bond donors (Lipinski definition) is 2. The van der Waals surface area contributed by atoms with E-state index in [2.05, 4.69) is 10.3 Å². The molecule has 118 valence electrons. The molecule has 0 unspecified atom stereocenters. The lowest BCUT2D eigenvalue weighted by molar-refractivity contribution is -0.115. The van der Waals surface area contributed by atoms with Gasteiger partial charge in [0.25, 0.3) is 0 Å². The number of hydrogen-bond acceptors (Lipinski definition) is 4. The SMILES string of the molecule is Cc1cccc(C)c1NC(=O)[C@@H](C)Sc1ncc(CO)n1C. The van der Waals surface area contributed by atoms with Gasteiger partial charge in [0, 0.05) is 12.7 Å². The van der Waals surface area contributed by atoms with E-state index in [-0.39, 0.29) is 17.8 Å². The lowest BCUT2D eigenvalue weighted by atomic mass is 10.1. The molecule has 1 amide bonds. The molecular formula is C16H21N3O2S. The summed E-state index contributed by atoms with van der Waals surface area (Å²) in [4.78, 5) is 16.6. The van der Waals surface area contributed by atoms with Crippen LogP contribution in [0.4, 0.5) is 5.69 Å². The first-order chi connectivity index (χ1) is 10.4. The standard InChI is InChI=1S/C16H21N3O2S/c1-10-6-5-7-11(2)14(10)18-15(21)12(3)22-16-17-8-13(9-20)19(16)4/h5-8,12,20H,9H2,1-4H3,(H,18,21)/t12-/m1/s1. The van der Waals surface area contributed by atoms with Crippen molar-refractivity contribution < 1.29 is 9.90 Å². The third kappa shape index (κ3) is 3.51. The Balaban J connectivity index is 2.08. The second-order valence-electron chi connectivity index (χ2n) is 5.27. The van der Waals surface area contributed by atoms with Crippen molar-refractivity contribution in [2.24, 2.45) is 7.05 Å². The number of imidazole rings is 1. The van der Waals surface area contributed by atoms with E-state index >= 15 is 0 Å². The summed E-state index contributed by atoms with van der Waals surface area (Å²) >= 11 is 1.37. The highest BCUT2D eigenvalue weighted by Crippen LogP contribution is 2.25. The molecule has 0 spiro atoms. The van der Waals surface area contributed by atoms with E-state index < -0.39 is 0 Å². The molecule has 6 heteroatoms. The maximum absolute atomic E-state index is 12.4. The van der Waals surface area contributed by atoms with E-state index in [1.807, 2.05) is 46.0 Å². The Morgan fingerprint density at radius 3 is 2.59 bits per heavy atom. The predicted octanol–water partition coefficient (Wildman–Crippen LogP) is 2.65. The number of aryl methyl sites for hydroxylation is 2. The highest BCUT2D eigenvalue weighted by molar-refractivity contribution is 8.00. The average Bonchev–Trinajstić information content (AvgIpc) is 2.83. The Hall–Kier alpha value is -1.79. The fraction of sp³-hybridized carbons (Fsp3) is 0.375. The molecule has 0 aliphatic carbocycles. The quantitative estimate of drug-likeness (QED) is 0.832. The molecule has 2 rings (SSSR count). The van der Waals surface area contributed by atoms with Crippen LogP contribution in [0.5, 0.6) is 0 Å². The monoisotopic (exact) mass is 319 g/mol. The fourth-order valence-corrected chi connectivity index (χ4v) is 3.00. The van der Waals surface area contributed by atoms with Crippen LogP contribution in [0.2, 0.25) is 0 Å². The van der Waals surface area contributed by atoms with Crippen molar-refractivity contribution in [3.8, 4) is 0 Å². The molecule has 0 bridgehead atoms. The van der Waals surface area contributed by atoms with Crippen LogP contribution in [0.15, 0.2) is 29.6 Å². The number of carbonyl (C=O) groups excluding carboxylic acids is 1. The third-order valence-corrected chi connectivity index (χ3v) is 4.74. The van der Waals surface area contributed by atoms with Gasteiger partial charge in [0.15, 0.2) is 5.16 Å². The van der Waals surface area contributed by atoms with Gasteiger partial charge in [-0.3, -0.25) is 4.79 Å². The molecule has 0 saturated heterocycles. The fourth-order valence-electron chi connectivity index (χ4n) is 2.13. The predicted molar refractivity (Wildman–Crippen MR) is 89.0 cm³/mol. The smallest absolute Gasteiger partial charge is 0.237 e. The largest absolute Gasteiger partial charge is 0.390 e. The van der Waals surface area contributed by atoms with Crippen molar-refractivity contribution >= 4 is 23.4 Å². The number of aliphatic hydroxyl groups is 1. The number of thioether (sulfide) groups is 1. The zero-order valence-electron chi connectivity index (χ0n) is 13.3. The van der Waals surface area contributed by atoms with Gasteiger partial charge in [-0.1, -0.05) is 30.0 Å². The van der Waals surface area contributed by atoms with Gasteiger partial charge in [-0.2, -0.15) is 0 Å². The van der Waals surface area contributed by atoms with Crippen molar-refractivity contribution in [2.75, 3.05) is 5.32 Å². The van der Waals surface area contributed by atoms with E-state index in [9.17, 15) is 9.90 Å². The molecular weight excluding hydrogens is 298 g/mol. The summed E-state index contributed by atoms with van der Waals surface area (Å²) in [6.07, 6.45) is 1.62. The number of nitrogens with one attached hydrogen (secondary N) is 1. The first-order valence-electron chi connectivity index (χ1n) is 7.09. The summed E-state index contributed by atoms with van der Waals surface area (Å²) in [6, 6.07) is 5.93. The molecule has 0 aliphatic heterocycles. The molecule has 2 aromatic rings. The van der Waals surface area contributed by atoms with Crippen LogP contribution in [0.25, 0.3) is 0 Å². The molecule has 1 aromatic carbocycles. The van der Waals surface area contributed by atoms with Gasteiger partial charge >= 0.3 is 0 Å². The van der Waals surface area contributed by atoms with Crippen LogP contribution in [0.1, 0.15) is 23.7 Å². The van der Waals surface area contributed by atoms with Crippen molar-refractivity contribution in [1.29, 1.82) is 0 Å². The molecule has 1 atom stereocenters.